The van der Waals surface area contributed by atoms with Crippen LogP contribution in [0.25, 0.3) is 6.08 Å². The largest absolute Gasteiger partial charge is 0.294 e. The summed E-state index contributed by atoms with van der Waals surface area (Å²) < 4.78 is 1.13. The van der Waals surface area contributed by atoms with E-state index in [1.54, 1.807) is 11.3 Å². The van der Waals surface area contributed by atoms with Crippen molar-refractivity contribution in [1.82, 2.24) is 0 Å². The third-order valence-corrected chi connectivity index (χ3v) is 5.83. The van der Waals surface area contributed by atoms with Gasteiger partial charge >= 0.3 is 0 Å². The van der Waals surface area contributed by atoms with Crippen LogP contribution in [0, 0.1) is 11.8 Å². The first-order valence-electron chi connectivity index (χ1n) is 6.74. The monoisotopic (exact) mass is 324 g/mol. The zero-order valence-electron chi connectivity index (χ0n) is 10.3. The maximum absolute atomic E-state index is 12.4. The summed E-state index contributed by atoms with van der Waals surface area (Å²) in [5.74, 6) is 1.45. The van der Waals surface area contributed by atoms with Gasteiger partial charge in [0.2, 0.25) is 0 Å². The molecule has 0 saturated heterocycles. The van der Waals surface area contributed by atoms with Crippen LogP contribution < -0.4 is 0 Å². The highest BCUT2D eigenvalue weighted by Gasteiger charge is 2.36. The molecule has 2 aliphatic rings. The van der Waals surface area contributed by atoms with Crippen LogP contribution in [-0.2, 0) is 4.79 Å². The number of allylic oxidation sites excluding steroid dienone is 1. The Morgan fingerprint density at radius 1 is 1.22 bits per heavy atom. The Hall–Kier alpha value is -0.410. The molecule has 1 aromatic heterocycles. The molecule has 2 saturated carbocycles. The molecule has 1 nitrogen and oxygen atoms in total. The van der Waals surface area contributed by atoms with E-state index in [1.165, 1.54) is 30.6 Å². The lowest BCUT2D eigenvalue weighted by atomic mass is 9.88. The Morgan fingerprint density at radius 2 is 2.00 bits per heavy atom. The number of hydrogen-bond donors (Lipinski definition) is 0. The van der Waals surface area contributed by atoms with Crippen LogP contribution in [-0.4, -0.2) is 5.78 Å². The minimum Gasteiger partial charge on any atom is -0.294 e. The third kappa shape index (κ3) is 2.48. The van der Waals surface area contributed by atoms with Gasteiger partial charge < -0.3 is 0 Å². The molecule has 0 aromatic carbocycles. The van der Waals surface area contributed by atoms with Gasteiger partial charge in [-0.3, -0.25) is 4.79 Å². The molecule has 1 aromatic rings. The van der Waals surface area contributed by atoms with Gasteiger partial charge in [-0.1, -0.05) is 12.8 Å². The predicted molar refractivity (Wildman–Crippen MR) is 79.7 cm³/mol. The fourth-order valence-corrected chi connectivity index (χ4v) is 4.73. The van der Waals surface area contributed by atoms with Crippen LogP contribution in [0.2, 0.25) is 0 Å². The van der Waals surface area contributed by atoms with E-state index in [-0.39, 0.29) is 0 Å². The van der Waals surface area contributed by atoms with Gasteiger partial charge in [0.15, 0.2) is 5.78 Å². The number of carbonyl (C=O) groups excluding carboxylic acids is 1. The van der Waals surface area contributed by atoms with Crippen LogP contribution in [0.3, 0.4) is 0 Å². The Bertz CT molecular complexity index is 482. The first-order valence-corrected chi connectivity index (χ1v) is 8.35. The first-order chi connectivity index (χ1) is 8.74. The van der Waals surface area contributed by atoms with Crippen molar-refractivity contribution in [1.29, 1.82) is 0 Å². The molecule has 1 heterocycles. The van der Waals surface area contributed by atoms with Crippen molar-refractivity contribution in [2.75, 3.05) is 0 Å². The molecule has 18 heavy (non-hydrogen) atoms. The van der Waals surface area contributed by atoms with Crippen LogP contribution in [0.15, 0.2) is 21.5 Å². The molecular formula is C15H17BrOS. The topological polar surface area (TPSA) is 17.1 Å². The van der Waals surface area contributed by atoms with Gasteiger partial charge in [-0.2, -0.15) is 0 Å². The van der Waals surface area contributed by atoms with Crippen molar-refractivity contribution < 1.29 is 4.79 Å². The van der Waals surface area contributed by atoms with Gasteiger partial charge in [0.1, 0.15) is 0 Å². The SMILES string of the molecule is O=C1/C(=C/c2ccc(Br)s2)CC[C@H]1C1CCCC1. The lowest BCUT2D eigenvalue weighted by molar-refractivity contribution is -0.119. The maximum atomic E-state index is 12.4. The molecule has 2 fully saturated rings. The number of halogens is 1. The van der Waals surface area contributed by atoms with Gasteiger partial charge in [-0.25, -0.2) is 0 Å². The Kier molecular flexibility index (Phi) is 3.71. The van der Waals surface area contributed by atoms with E-state index in [4.69, 9.17) is 0 Å². The molecule has 2 aliphatic carbocycles. The average molecular weight is 325 g/mol. The average Bonchev–Trinajstić information content (AvgIpc) is 3.04. The molecule has 0 bridgehead atoms. The number of carbonyl (C=O) groups is 1. The summed E-state index contributed by atoms with van der Waals surface area (Å²) in [5, 5.41) is 0. The molecule has 0 N–H and O–H groups in total. The normalized spacial score (nSPS) is 27.5. The standard InChI is InChI=1S/C15H17BrOS/c16-14-8-6-12(18-14)9-11-5-7-13(15(11)17)10-3-1-2-4-10/h6,8-10,13H,1-5,7H2/b11-9+/t13-/m0/s1. The summed E-state index contributed by atoms with van der Waals surface area (Å²) in [6, 6.07) is 4.13. The van der Waals surface area contributed by atoms with E-state index in [0.717, 1.165) is 22.2 Å². The molecule has 3 heteroatoms. The molecule has 0 spiro atoms. The molecular weight excluding hydrogens is 308 g/mol. The van der Waals surface area contributed by atoms with Crippen molar-refractivity contribution in [3.05, 3.63) is 26.4 Å². The maximum Gasteiger partial charge on any atom is 0.162 e. The lowest BCUT2D eigenvalue weighted by Gasteiger charge is -2.15. The molecule has 0 aliphatic heterocycles. The Labute approximate surface area is 120 Å². The summed E-state index contributed by atoms with van der Waals surface area (Å²) in [4.78, 5) is 13.6. The van der Waals surface area contributed by atoms with E-state index < -0.39 is 0 Å². The minimum absolute atomic E-state index is 0.335. The Morgan fingerprint density at radius 3 is 2.67 bits per heavy atom. The number of hydrogen-bond acceptors (Lipinski definition) is 2. The summed E-state index contributed by atoms with van der Waals surface area (Å²) in [6.45, 7) is 0. The highest BCUT2D eigenvalue weighted by molar-refractivity contribution is 9.11. The fraction of sp³-hybridized carbons (Fsp3) is 0.533. The van der Waals surface area contributed by atoms with Crippen molar-refractivity contribution in [2.24, 2.45) is 11.8 Å². The first kappa shape index (κ1) is 12.6. The Balaban J connectivity index is 1.75. The van der Waals surface area contributed by atoms with Crippen molar-refractivity contribution in [3.8, 4) is 0 Å². The van der Waals surface area contributed by atoms with Gasteiger partial charge in [0.05, 0.1) is 3.79 Å². The smallest absolute Gasteiger partial charge is 0.162 e. The summed E-state index contributed by atoms with van der Waals surface area (Å²) in [5.41, 5.74) is 1.06. The van der Waals surface area contributed by atoms with E-state index in [2.05, 4.69) is 28.1 Å². The van der Waals surface area contributed by atoms with Gasteiger partial charge in [0, 0.05) is 10.8 Å². The molecule has 96 valence electrons. The van der Waals surface area contributed by atoms with Crippen molar-refractivity contribution in [3.63, 3.8) is 0 Å². The van der Waals surface area contributed by atoms with E-state index in [1.807, 2.05) is 6.07 Å². The summed E-state index contributed by atoms with van der Waals surface area (Å²) in [6.07, 6.45) is 9.36. The van der Waals surface area contributed by atoms with E-state index in [0.29, 0.717) is 17.6 Å². The van der Waals surface area contributed by atoms with Crippen LogP contribution in [0.1, 0.15) is 43.4 Å². The summed E-state index contributed by atoms with van der Waals surface area (Å²) in [7, 11) is 0. The number of ketones is 1. The molecule has 3 rings (SSSR count). The van der Waals surface area contributed by atoms with Gasteiger partial charge in [0.25, 0.3) is 0 Å². The predicted octanol–water partition coefficient (Wildman–Crippen LogP) is 5.06. The zero-order chi connectivity index (χ0) is 12.5. The second kappa shape index (κ2) is 5.30. The van der Waals surface area contributed by atoms with E-state index in [9.17, 15) is 4.79 Å². The number of thiophene rings is 1. The molecule has 0 unspecified atom stereocenters. The van der Waals surface area contributed by atoms with Crippen LogP contribution in [0.4, 0.5) is 0 Å². The second-order valence-corrected chi connectivity index (χ2v) is 7.86. The molecule has 1 atom stereocenters. The van der Waals surface area contributed by atoms with E-state index >= 15 is 0 Å². The number of Topliss-reactive ketones (excluding diaryl/α,β-unsaturated/α-hetero) is 1. The van der Waals surface area contributed by atoms with Crippen LogP contribution in [0.5, 0.6) is 0 Å². The molecule has 0 amide bonds. The second-order valence-electron chi connectivity index (χ2n) is 5.37. The van der Waals surface area contributed by atoms with Gasteiger partial charge in [-0.15, -0.1) is 11.3 Å². The van der Waals surface area contributed by atoms with Gasteiger partial charge in [-0.05, 0) is 71.3 Å². The van der Waals surface area contributed by atoms with Crippen molar-refractivity contribution in [2.45, 2.75) is 38.5 Å². The quantitative estimate of drug-likeness (QED) is 0.694. The minimum atomic E-state index is 0.335. The fourth-order valence-electron chi connectivity index (χ4n) is 3.33. The highest BCUT2D eigenvalue weighted by atomic mass is 79.9. The lowest BCUT2D eigenvalue weighted by Crippen LogP contribution is -2.16. The molecule has 0 radical (unpaired) electrons. The highest BCUT2D eigenvalue weighted by Crippen LogP contribution is 2.41. The zero-order valence-corrected chi connectivity index (χ0v) is 12.7. The third-order valence-electron chi connectivity index (χ3n) is 4.26. The van der Waals surface area contributed by atoms with Crippen molar-refractivity contribution >= 4 is 39.1 Å². The number of rotatable bonds is 2. The summed E-state index contributed by atoms with van der Waals surface area (Å²) >= 11 is 5.16. The van der Waals surface area contributed by atoms with Crippen LogP contribution >= 0.6 is 27.3 Å².